The maximum absolute atomic E-state index is 13.4. The second kappa shape index (κ2) is 14.3. The highest BCUT2D eigenvalue weighted by Crippen LogP contribution is 2.43. The van der Waals surface area contributed by atoms with Crippen LogP contribution in [0.2, 0.25) is 0 Å². The van der Waals surface area contributed by atoms with Crippen LogP contribution < -0.4 is 4.74 Å². The molecule has 1 aliphatic carbocycles. The first-order valence-electron chi connectivity index (χ1n) is 12.0. The van der Waals surface area contributed by atoms with Gasteiger partial charge in [-0.05, 0) is 37.3 Å². The van der Waals surface area contributed by atoms with Crippen LogP contribution in [0.1, 0.15) is 34.1 Å². The second-order valence-electron chi connectivity index (χ2n) is 9.07. The number of esters is 2. The first kappa shape index (κ1) is 34.2. The lowest BCUT2D eigenvalue weighted by Crippen LogP contribution is -2.34. The Kier molecular flexibility index (Phi) is 12.2. The molecule has 0 aromatic heterocycles. The normalized spacial score (nSPS) is 19.3. The van der Waals surface area contributed by atoms with E-state index in [2.05, 4.69) is 0 Å². The number of rotatable bonds is 14. The zero-order valence-electron chi connectivity index (χ0n) is 22.3. The van der Waals surface area contributed by atoms with E-state index in [1.54, 1.807) is 0 Å². The molecular weight excluding hydrogens is 631 g/mol. The number of sulfone groups is 2. The van der Waals surface area contributed by atoms with E-state index in [4.69, 9.17) is 53.8 Å². The number of halogens is 3. The molecule has 10 nitrogen and oxygen atoms in total. The summed E-state index contributed by atoms with van der Waals surface area (Å²) in [6.07, 6.45) is -0.752. The second-order valence-corrected chi connectivity index (χ2v) is 15.0. The van der Waals surface area contributed by atoms with Gasteiger partial charge >= 0.3 is 11.9 Å². The van der Waals surface area contributed by atoms with E-state index < -0.39 is 54.4 Å². The Hall–Kier alpha value is -1.99. The van der Waals surface area contributed by atoms with E-state index in [-0.39, 0.29) is 51.9 Å². The van der Waals surface area contributed by atoms with Gasteiger partial charge in [-0.15, -0.1) is 23.2 Å². The Morgan fingerprint density at radius 2 is 1.52 bits per heavy atom. The van der Waals surface area contributed by atoms with E-state index in [0.717, 1.165) is 6.92 Å². The third kappa shape index (κ3) is 9.83. The van der Waals surface area contributed by atoms with Crippen molar-refractivity contribution in [1.29, 1.82) is 0 Å². The Balaban J connectivity index is 2.22. The highest BCUT2D eigenvalue weighted by atomic mass is 35.5. The summed E-state index contributed by atoms with van der Waals surface area (Å²) in [7, 11) is -7.53. The molecule has 0 bridgehead atoms. The molecule has 0 amide bonds. The van der Waals surface area contributed by atoms with Crippen LogP contribution in [-0.2, 0) is 43.5 Å². The number of allylic oxidation sites excluding steroid dienone is 4. The highest BCUT2D eigenvalue weighted by Gasteiger charge is 2.40. The lowest BCUT2D eigenvalue weighted by atomic mass is 9.99. The average Bonchev–Trinajstić information content (AvgIpc) is 2.84. The fraction of sp³-hybridized carbons (Fsp3) is 0.520. The molecule has 0 N–H and O–H groups in total. The van der Waals surface area contributed by atoms with Crippen molar-refractivity contribution >= 4 is 66.4 Å². The van der Waals surface area contributed by atoms with Crippen molar-refractivity contribution < 1.29 is 45.4 Å². The predicted molar refractivity (Wildman–Crippen MR) is 151 cm³/mol. The van der Waals surface area contributed by atoms with Gasteiger partial charge in [0.15, 0.2) is 9.84 Å². The lowest BCUT2D eigenvalue weighted by molar-refractivity contribution is -0.148. The minimum Gasteiger partial charge on any atom is -0.491 e. The summed E-state index contributed by atoms with van der Waals surface area (Å²) in [6.45, 7) is 4.99. The molecule has 1 aromatic rings. The first-order valence-corrected chi connectivity index (χ1v) is 16.6. The zero-order chi connectivity index (χ0) is 30.3. The lowest BCUT2D eigenvalue weighted by Gasteiger charge is -2.31. The molecule has 15 heteroatoms. The van der Waals surface area contributed by atoms with Crippen LogP contribution in [0.25, 0.3) is 0 Å². The number of carbonyl (C=O) groups excluding carboxylic acids is 2. The average molecular weight is 662 g/mol. The van der Waals surface area contributed by atoms with Crippen molar-refractivity contribution in [3.63, 3.8) is 0 Å². The van der Waals surface area contributed by atoms with E-state index in [1.165, 1.54) is 51.1 Å². The van der Waals surface area contributed by atoms with Crippen LogP contribution in [0.15, 0.2) is 50.9 Å². The molecule has 224 valence electrons. The first-order chi connectivity index (χ1) is 18.5. The van der Waals surface area contributed by atoms with E-state index >= 15 is 0 Å². The standard InChI is InChI=1S/C25H31Cl3O10S2/c1-5-39(31,32)15-20(38-17(3)30)14-36-24-23(27)10-22(11-25(24,4)28)40(33,34)21-8-6-18(7-9-21)35-13-19(12-26)37-16(2)29/h6-10,19-20H,5,11-15H2,1-4H3/t19-,20-,25?/m0/s1. The number of hydrogen-bond acceptors (Lipinski definition) is 10. The van der Waals surface area contributed by atoms with Crippen LogP contribution in [0.5, 0.6) is 5.75 Å². The Morgan fingerprint density at radius 1 is 0.975 bits per heavy atom. The monoisotopic (exact) mass is 660 g/mol. The van der Waals surface area contributed by atoms with Gasteiger partial charge in [0.2, 0.25) is 9.84 Å². The molecular formula is C25H31Cl3O10S2. The van der Waals surface area contributed by atoms with Crippen LogP contribution in [-0.4, -0.2) is 76.5 Å². The molecule has 0 fully saturated rings. The SMILES string of the molecule is CCS(=O)(=O)C[C@H](COC1=C(Cl)C=C(S(=O)(=O)c2ccc(OC[C@H](CCl)OC(C)=O)cc2)CC1(C)Cl)OC(C)=O. The third-order valence-electron chi connectivity index (χ3n) is 5.53. The van der Waals surface area contributed by atoms with Crippen molar-refractivity contribution in [3.8, 4) is 5.75 Å². The minimum absolute atomic E-state index is 0.0171. The summed E-state index contributed by atoms with van der Waals surface area (Å²) in [5, 5.41) is -0.0974. The van der Waals surface area contributed by atoms with Gasteiger partial charge in [-0.25, -0.2) is 16.8 Å². The maximum Gasteiger partial charge on any atom is 0.303 e. The maximum atomic E-state index is 13.4. The number of carbonyl (C=O) groups is 2. The van der Waals surface area contributed by atoms with Gasteiger partial charge in [-0.2, -0.15) is 0 Å². The van der Waals surface area contributed by atoms with E-state index in [9.17, 15) is 26.4 Å². The van der Waals surface area contributed by atoms with E-state index in [0.29, 0.717) is 5.75 Å². The molecule has 40 heavy (non-hydrogen) atoms. The van der Waals surface area contributed by atoms with Crippen molar-refractivity contribution in [2.75, 3.05) is 30.6 Å². The Labute approximate surface area is 249 Å². The van der Waals surface area contributed by atoms with Crippen LogP contribution in [0, 0.1) is 0 Å². The molecule has 0 heterocycles. The summed E-state index contributed by atoms with van der Waals surface area (Å²) in [4.78, 5) is 21.0. The Morgan fingerprint density at radius 3 is 2.02 bits per heavy atom. The number of hydrogen-bond donors (Lipinski definition) is 0. The molecule has 0 saturated carbocycles. The molecule has 2 rings (SSSR count). The molecule has 0 spiro atoms. The highest BCUT2D eigenvalue weighted by molar-refractivity contribution is 7.95. The Bertz CT molecular complexity index is 1350. The van der Waals surface area contributed by atoms with E-state index in [1.807, 2.05) is 0 Å². The summed E-state index contributed by atoms with van der Waals surface area (Å²) < 4.78 is 72.1. The van der Waals surface area contributed by atoms with Gasteiger partial charge in [0.05, 0.1) is 26.5 Å². The van der Waals surface area contributed by atoms with Gasteiger partial charge in [-0.3, -0.25) is 9.59 Å². The summed E-state index contributed by atoms with van der Waals surface area (Å²) in [5.74, 6) is -1.42. The quantitative estimate of drug-likeness (QED) is 0.211. The zero-order valence-corrected chi connectivity index (χ0v) is 26.2. The minimum atomic E-state index is -4.02. The molecule has 3 atom stereocenters. The van der Waals surface area contributed by atoms with Gasteiger partial charge in [-0.1, -0.05) is 18.5 Å². The summed E-state index contributed by atoms with van der Waals surface area (Å²) in [6, 6.07) is 5.58. The topological polar surface area (TPSA) is 139 Å². The summed E-state index contributed by atoms with van der Waals surface area (Å²) >= 11 is 18.8. The molecule has 1 aliphatic rings. The van der Waals surface area contributed by atoms with Gasteiger partial charge in [0.1, 0.15) is 41.8 Å². The van der Waals surface area contributed by atoms with Crippen LogP contribution in [0.4, 0.5) is 0 Å². The number of alkyl halides is 2. The van der Waals surface area contributed by atoms with Crippen LogP contribution >= 0.6 is 34.8 Å². The number of benzene rings is 1. The van der Waals surface area contributed by atoms with Gasteiger partial charge < -0.3 is 18.9 Å². The predicted octanol–water partition coefficient (Wildman–Crippen LogP) is 4.13. The smallest absolute Gasteiger partial charge is 0.303 e. The molecule has 1 unspecified atom stereocenters. The van der Waals surface area contributed by atoms with Gasteiger partial charge in [0, 0.05) is 26.0 Å². The third-order valence-corrected chi connectivity index (χ3v) is 10.1. The molecule has 1 aromatic carbocycles. The largest absolute Gasteiger partial charge is 0.491 e. The molecule has 0 radical (unpaired) electrons. The fourth-order valence-electron chi connectivity index (χ4n) is 3.63. The van der Waals surface area contributed by atoms with Gasteiger partial charge in [0.25, 0.3) is 0 Å². The summed E-state index contributed by atoms with van der Waals surface area (Å²) in [5.41, 5.74) is 0. The van der Waals surface area contributed by atoms with Crippen molar-refractivity contribution in [2.45, 2.75) is 56.1 Å². The van der Waals surface area contributed by atoms with Crippen molar-refractivity contribution in [2.24, 2.45) is 0 Å². The number of ether oxygens (including phenoxy) is 4. The molecule has 0 saturated heterocycles. The van der Waals surface area contributed by atoms with Crippen molar-refractivity contribution in [3.05, 3.63) is 46.0 Å². The van der Waals surface area contributed by atoms with Crippen molar-refractivity contribution in [1.82, 2.24) is 0 Å². The fourth-order valence-corrected chi connectivity index (χ4v) is 7.19. The van der Waals surface area contributed by atoms with Crippen LogP contribution in [0.3, 0.4) is 0 Å². The molecule has 0 aliphatic heterocycles.